The predicted molar refractivity (Wildman–Crippen MR) is 94.4 cm³/mol. The van der Waals surface area contributed by atoms with Crippen molar-refractivity contribution in [3.63, 3.8) is 0 Å². The van der Waals surface area contributed by atoms with Crippen molar-refractivity contribution < 1.29 is 14.5 Å². The number of nitro benzene ring substituents is 1. The number of non-ortho nitro benzene ring substituents is 1. The Morgan fingerprint density at radius 2 is 2.08 bits per heavy atom. The Bertz CT molecular complexity index is 837. The van der Waals surface area contributed by atoms with Crippen LogP contribution >= 0.6 is 11.6 Å². The van der Waals surface area contributed by atoms with E-state index >= 15 is 0 Å². The number of aryl methyl sites for hydroxylation is 1. The molecule has 2 aromatic rings. The van der Waals surface area contributed by atoms with E-state index in [4.69, 9.17) is 16.3 Å². The molecule has 136 valence electrons. The normalized spacial score (nSPS) is 14.9. The van der Waals surface area contributed by atoms with Crippen LogP contribution in [0.15, 0.2) is 30.5 Å². The van der Waals surface area contributed by atoms with Gasteiger partial charge in [-0.05, 0) is 13.0 Å². The summed E-state index contributed by atoms with van der Waals surface area (Å²) in [5.41, 5.74) is -0.0123. The first-order chi connectivity index (χ1) is 12.4. The molecule has 1 saturated heterocycles. The van der Waals surface area contributed by atoms with Gasteiger partial charge in [0.1, 0.15) is 11.9 Å². The van der Waals surface area contributed by atoms with E-state index in [-0.39, 0.29) is 28.3 Å². The van der Waals surface area contributed by atoms with Crippen LogP contribution in [-0.2, 0) is 0 Å². The summed E-state index contributed by atoms with van der Waals surface area (Å²) in [5, 5.41) is 11.1. The van der Waals surface area contributed by atoms with Crippen molar-refractivity contribution in [3.8, 4) is 5.88 Å². The lowest BCUT2D eigenvalue weighted by molar-refractivity contribution is -0.384. The van der Waals surface area contributed by atoms with E-state index in [0.29, 0.717) is 37.6 Å². The molecule has 1 fully saturated rings. The van der Waals surface area contributed by atoms with Crippen LogP contribution < -0.4 is 4.74 Å². The molecule has 0 aliphatic carbocycles. The van der Waals surface area contributed by atoms with Crippen LogP contribution in [0.5, 0.6) is 5.88 Å². The molecule has 0 atom stereocenters. The highest BCUT2D eigenvalue weighted by Crippen LogP contribution is 2.25. The quantitative estimate of drug-likeness (QED) is 0.600. The lowest BCUT2D eigenvalue weighted by Gasteiger charge is -2.32. The zero-order valence-electron chi connectivity index (χ0n) is 14.1. The topological polar surface area (TPSA) is 98.5 Å². The van der Waals surface area contributed by atoms with E-state index in [1.807, 2.05) is 0 Å². The van der Waals surface area contributed by atoms with E-state index in [9.17, 15) is 14.9 Å². The molecule has 1 aromatic carbocycles. The number of likely N-dealkylation sites (tertiary alicyclic amines) is 1. The smallest absolute Gasteiger partial charge is 0.270 e. The number of piperidine rings is 1. The van der Waals surface area contributed by atoms with Gasteiger partial charge in [0.2, 0.25) is 5.88 Å². The zero-order chi connectivity index (χ0) is 18.7. The van der Waals surface area contributed by atoms with Gasteiger partial charge >= 0.3 is 0 Å². The van der Waals surface area contributed by atoms with Crippen molar-refractivity contribution in [2.75, 3.05) is 13.1 Å². The SMILES string of the molecule is Cc1nccc(OC2CCN(C(=O)c3cc([N+](=O)[O-])ccc3Cl)CC2)n1. The fraction of sp³-hybridized carbons (Fsp3) is 0.353. The lowest BCUT2D eigenvalue weighted by atomic mass is 10.1. The Labute approximate surface area is 154 Å². The number of aromatic nitrogens is 2. The summed E-state index contributed by atoms with van der Waals surface area (Å²) in [6.07, 6.45) is 2.87. The second kappa shape index (κ2) is 7.65. The molecule has 0 radical (unpaired) electrons. The van der Waals surface area contributed by atoms with Crippen LogP contribution in [0.2, 0.25) is 5.02 Å². The van der Waals surface area contributed by atoms with Crippen molar-refractivity contribution >= 4 is 23.2 Å². The minimum absolute atomic E-state index is 0.0473. The first kappa shape index (κ1) is 18.1. The Morgan fingerprint density at radius 1 is 1.35 bits per heavy atom. The number of halogens is 1. The molecule has 0 saturated carbocycles. The standard InChI is InChI=1S/C17H17ClN4O4/c1-11-19-7-4-16(20-11)26-13-5-8-21(9-6-13)17(23)14-10-12(22(24)25)2-3-15(14)18/h2-4,7,10,13H,5-6,8-9H2,1H3. The second-order valence-electron chi connectivity index (χ2n) is 5.97. The molecule has 9 heteroatoms. The average Bonchev–Trinajstić information content (AvgIpc) is 2.62. The molecule has 0 bridgehead atoms. The maximum atomic E-state index is 12.7. The molecule has 1 aliphatic heterocycles. The van der Waals surface area contributed by atoms with Gasteiger partial charge in [-0.25, -0.2) is 4.98 Å². The number of rotatable bonds is 4. The van der Waals surface area contributed by atoms with Crippen LogP contribution in [-0.4, -0.2) is 44.9 Å². The van der Waals surface area contributed by atoms with Crippen molar-refractivity contribution in [2.24, 2.45) is 0 Å². The predicted octanol–water partition coefficient (Wildman–Crippen LogP) is 3.03. The van der Waals surface area contributed by atoms with Gasteiger partial charge in [0.05, 0.1) is 15.5 Å². The largest absolute Gasteiger partial charge is 0.474 e. The summed E-state index contributed by atoms with van der Waals surface area (Å²) in [4.78, 5) is 32.9. The van der Waals surface area contributed by atoms with E-state index in [1.54, 1.807) is 24.1 Å². The van der Waals surface area contributed by atoms with E-state index in [1.165, 1.54) is 18.2 Å². The number of nitrogens with zero attached hydrogens (tertiary/aromatic N) is 4. The highest BCUT2D eigenvalue weighted by molar-refractivity contribution is 6.33. The van der Waals surface area contributed by atoms with Crippen molar-refractivity contribution in [1.29, 1.82) is 0 Å². The Hall–Kier alpha value is -2.74. The van der Waals surface area contributed by atoms with Gasteiger partial charge in [-0.2, -0.15) is 4.98 Å². The van der Waals surface area contributed by atoms with Gasteiger partial charge in [0.15, 0.2) is 0 Å². The van der Waals surface area contributed by atoms with Gasteiger partial charge in [-0.1, -0.05) is 11.6 Å². The summed E-state index contributed by atoms with van der Waals surface area (Å²) < 4.78 is 5.84. The van der Waals surface area contributed by atoms with Gasteiger partial charge in [0.25, 0.3) is 11.6 Å². The summed E-state index contributed by atoms with van der Waals surface area (Å²) >= 11 is 6.06. The van der Waals surface area contributed by atoms with E-state index in [0.717, 1.165) is 0 Å². The van der Waals surface area contributed by atoms with Crippen LogP contribution in [0.3, 0.4) is 0 Å². The Balaban J connectivity index is 1.63. The maximum absolute atomic E-state index is 12.7. The summed E-state index contributed by atoms with van der Waals surface area (Å²) in [6, 6.07) is 5.58. The molecular weight excluding hydrogens is 360 g/mol. The van der Waals surface area contributed by atoms with Crippen LogP contribution in [0.4, 0.5) is 5.69 Å². The average molecular weight is 377 g/mol. The van der Waals surface area contributed by atoms with E-state index in [2.05, 4.69) is 9.97 Å². The third kappa shape index (κ3) is 4.08. The molecule has 0 unspecified atom stereocenters. The van der Waals surface area contributed by atoms with Crippen LogP contribution in [0.25, 0.3) is 0 Å². The first-order valence-corrected chi connectivity index (χ1v) is 8.51. The van der Waals surface area contributed by atoms with Crippen molar-refractivity contribution in [1.82, 2.24) is 14.9 Å². The number of carbonyl (C=O) groups excluding carboxylic acids is 1. The Morgan fingerprint density at radius 3 is 2.73 bits per heavy atom. The maximum Gasteiger partial charge on any atom is 0.270 e. The Kier molecular flexibility index (Phi) is 5.32. The number of benzene rings is 1. The molecule has 0 N–H and O–H groups in total. The highest BCUT2D eigenvalue weighted by Gasteiger charge is 2.27. The third-order valence-electron chi connectivity index (χ3n) is 4.16. The van der Waals surface area contributed by atoms with Crippen LogP contribution in [0.1, 0.15) is 29.0 Å². The lowest BCUT2D eigenvalue weighted by Crippen LogP contribution is -2.42. The molecule has 8 nitrogen and oxygen atoms in total. The zero-order valence-corrected chi connectivity index (χ0v) is 14.8. The summed E-state index contributed by atoms with van der Waals surface area (Å²) in [6.45, 7) is 2.75. The molecule has 2 heterocycles. The first-order valence-electron chi connectivity index (χ1n) is 8.13. The highest BCUT2D eigenvalue weighted by atomic mass is 35.5. The van der Waals surface area contributed by atoms with Crippen molar-refractivity contribution in [2.45, 2.75) is 25.9 Å². The fourth-order valence-electron chi connectivity index (χ4n) is 2.81. The monoisotopic (exact) mass is 376 g/mol. The molecule has 1 aromatic heterocycles. The van der Waals surface area contributed by atoms with Crippen molar-refractivity contribution in [3.05, 3.63) is 57.0 Å². The molecule has 0 spiro atoms. The van der Waals surface area contributed by atoms with E-state index < -0.39 is 4.92 Å². The number of hydrogen-bond acceptors (Lipinski definition) is 6. The van der Waals surface area contributed by atoms with Gasteiger partial charge in [-0.3, -0.25) is 14.9 Å². The minimum atomic E-state index is -0.545. The molecule has 1 amide bonds. The third-order valence-corrected chi connectivity index (χ3v) is 4.49. The molecular formula is C17H17ClN4O4. The number of amides is 1. The molecule has 26 heavy (non-hydrogen) atoms. The van der Waals surface area contributed by atoms with Gasteiger partial charge in [0, 0.05) is 50.3 Å². The number of carbonyl (C=O) groups is 1. The molecule has 1 aliphatic rings. The summed E-state index contributed by atoms with van der Waals surface area (Å²) in [5.74, 6) is 0.842. The minimum Gasteiger partial charge on any atom is -0.474 e. The summed E-state index contributed by atoms with van der Waals surface area (Å²) in [7, 11) is 0. The fourth-order valence-corrected chi connectivity index (χ4v) is 3.01. The number of nitro groups is 1. The van der Waals surface area contributed by atoms with Gasteiger partial charge < -0.3 is 9.64 Å². The molecule has 3 rings (SSSR count). The van der Waals surface area contributed by atoms with Gasteiger partial charge in [-0.15, -0.1) is 0 Å². The number of ether oxygens (including phenoxy) is 1. The van der Waals surface area contributed by atoms with Crippen LogP contribution in [0, 0.1) is 17.0 Å². The second-order valence-corrected chi connectivity index (χ2v) is 6.38. The number of hydrogen-bond donors (Lipinski definition) is 0.